The van der Waals surface area contributed by atoms with Gasteiger partial charge < -0.3 is 14.1 Å². The number of rotatable bonds is 5. The molecule has 0 N–H and O–H groups in total. The van der Waals surface area contributed by atoms with Gasteiger partial charge in [0.2, 0.25) is 17.5 Å². The van der Waals surface area contributed by atoms with Gasteiger partial charge in [-0.25, -0.2) is 0 Å². The second-order valence-corrected chi connectivity index (χ2v) is 5.70. The molecule has 1 aromatic heterocycles. The number of benzene rings is 1. The Morgan fingerprint density at radius 2 is 1.96 bits per heavy atom. The highest BCUT2D eigenvalue weighted by Crippen LogP contribution is 2.26. The lowest BCUT2D eigenvalue weighted by molar-refractivity contribution is 0.340. The van der Waals surface area contributed by atoms with E-state index in [0.717, 1.165) is 37.2 Å². The van der Waals surface area contributed by atoms with Gasteiger partial charge in [-0.2, -0.15) is 10.2 Å². The van der Waals surface area contributed by atoms with Gasteiger partial charge >= 0.3 is 0 Å². The molecule has 24 heavy (non-hydrogen) atoms. The summed E-state index contributed by atoms with van der Waals surface area (Å²) in [5.41, 5.74) is 1.39. The standard InChI is InChI=1S/C19H21N3O2/c1-2-23-16-9-6-15(7-10-16)8-11-18-21-17(14-20)19(24-18)22-12-4-3-5-13-22/h6-11H,2-5,12-13H2,1H3. The molecule has 124 valence electrons. The Kier molecular flexibility index (Phi) is 5.17. The molecule has 0 unspecified atom stereocenters. The lowest BCUT2D eigenvalue weighted by Crippen LogP contribution is -2.29. The van der Waals surface area contributed by atoms with Gasteiger partial charge in [0.15, 0.2) is 0 Å². The van der Waals surface area contributed by atoms with Gasteiger partial charge in [-0.3, -0.25) is 0 Å². The van der Waals surface area contributed by atoms with E-state index < -0.39 is 0 Å². The quantitative estimate of drug-likeness (QED) is 0.828. The van der Waals surface area contributed by atoms with Crippen LogP contribution < -0.4 is 9.64 Å². The zero-order chi connectivity index (χ0) is 16.8. The monoisotopic (exact) mass is 323 g/mol. The van der Waals surface area contributed by atoms with Crippen LogP contribution in [0.3, 0.4) is 0 Å². The molecule has 0 bridgehead atoms. The van der Waals surface area contributed by atoms with Crippen molar-refractivity contribution >= 4 is 18.0 Å². The van der Waals surface area contributed by atoms with Crippen LogP contribution in [0.2, 0.25) is 0 Å². The molecular weight excluding hydrogens is 302 g/mol. The third kappa shape index (κ3) is 3.77. The molecule has 5 nitrogen and oxygen atoms in total. The topological polar surface area (TPSA) is 62.3 Å². The van der Waals surface area contributed by atoms with Crippen LogP contribution in [0.5, 0.6) is 5.75 Å². The molecule has 0 radical (unpaired) electrons. The van der Waals surface area contributed by atoms with Crippen LogP contribution in [0.25, 0.3) is 12.2 Å². The van der Waals surface area contributed by atoms with Crippen molar-refractivity contribution in [1.82, 2.24) is 4.98 Å². The van der Waals surface area contributed by atoms with Crippen LogP contribution in [0.15, 0.2) is 28.7 Å². The largest absolute Gasteiger partial charge is 0.494 e. The number of oxazole rings is 1. The first-order valence-electron chi connectivity index (χ1n) is 8.37. The van der Waals surface area contributed by atoms with Crippen molar-refractivity contribution in [3.8, 4) is 11.8 Å². The number of anilines is 1. The lowest BCUT2D eigenvalue weighted by Gasteiger charge is -2.25. The summed E-state index contributed by atoms with van der Waals surface area (Å²) < 4.78 is 11.2. The molecule has 2 heterocycles. The molecule has 3 rings (SSSR count). The summed E-state index contributed by atoms with van der Waals surface area (Å²) in [7, 11) is 0. The Morgan fingerprint density at radius 1 is 1.21 bits per heavy atom. The van der Waals surface area contributed by atoms with Crippen LogP contribution in [-0.2, 0) is 0 Å². The van der Waals surface area contributed by atoms with Gasteiger partial charge in [0.1, 0.15) is 11.8 Å². The molecular formula is C19H21N3O2. The first-order valence-corrected chi connectivity index (χ1v) is 8.37. The van der Waals surface area contributed by atoms with Crippen LogP contribution in [0, 0.1) is 11.3 Å². The van der Waals surface area contributed by atoms with E-state index in [-0.39, 0.29) is 0 Å². The molecule has 0 saturated carbocycles. The Balaban J connectivity index is 1.75. The van der Waals surface area contributed by atoms with Crippen molar-refractivity contribution in [2.75, 3.05) is 24.6 Å². The van der Waals surface area contributed by atoms with Gasteiger partial charge in [-0.1, -0.05) is 12.1 Å². The molecule has 1 aliphatic rings. The van der Waals surface area contributed by atoms with E-state index in [1.807, 2.05) is 37.3 Å². The first-order chi connectivity index (χ1) is 11.8. The van der Waals surface area contributed by atoms with Gasteiger partial charge in [-0.05, 0) is 50.0 Å². The first kappa shape index (κ1) is 16.1. The minimum atomic E-state index is 0.364. The predicted molar refractivity (Wildman–Crippen MR) is 93.8 cm³/mol. The molecule has 0 amide bonds. The molecule has 2 aromatic rings. The maximum atomic E-state index is 9.29. The summed E-state index contributed by atoms with van der Waals surface area (Å²) in [6, 6.07) is 9.94. The molecule has 5 heteroatoms. The molecule has 1 aromatic carbocycles. The van der Waals surface area contributed by atoms with Crippen LogP contribution in [0.4, 0.5) is 5.88 Å². The fraction of sp³-hybridized carbons (Fsp3) is 0.368. The summed E-state index contributed by atoms with van der Waals surface area (Å²) >= 11 is 0. The normalized spacial score (nSPS) is 14.8. The SMILES string of the molecule is CCOc1ccc(C=Cc2nc(C#N)c(N3CCCCC3)o2)cc1. The number of aromatic nitrogens is 1. The maximum absolute atomic E-state index is 9.29. The number of piperidine rings is 1. The van der Waals surface area contributed by atoms with E-state index in [9.17, 15) is 5.26 Å². The molecule has 1 aliphatic heterocycles. The average molecular weight is 323 g/mol. The van der Waals surface area contributed by atoms with Gasteiger partial charge in [0.05, 0.1) is 6.61 Å². The fourth-order valence-corrected chi connectivity index (χ4v) is 2.79. The number of nitriles is 1. The number of nitrogens with zero attached hydrogens (tertiary/aromatic N) is 3. The van der Waals surface area contributed by atoms with Crippen LogP contribution >= 0.6 is 0 Å². The summed E-state index contributed by atoms with van der Waals surface area (Å²) in [5.74, 6) is 1.91. The second kappa shape index (κ2) is 7.69. The van der Waals surface area contributed by atoms with E-state index in [0.29, 0.717) is 24.1 Å². The summed E-state index contributed by atoms with van der Waals surface area (Å²) in [4.78, 5) is 6.40. The minimum Gasteiger partial charge on any atom is -0.494 e. The summed E-state index contributed by atoms with van der Waals surface area (Å²) in [6.07, 6.45) is 7.20. The van der Waals surface area contributed by atoms with E-state index in [1.165, 1.54) is 6.42 Å². The molecule has 0 atom stereocenters. The summed E-state index contributed by atoms with van der Waals surface area (Å²) in [6.45, 7) is 4.46. The summed E-state index contributed by atoms with van der Waals surface area (Å²) in [5, 5.41) is 9.29. The Morgan fingerprint density at radius 3 is 2.62 bits per heavy atom. The Bertz CT molecular complexity index is 735. The second-order valence-electron chi connectivity index (χ2n) is 5.70. The van der Waals surface area contributed by atoms with Crippen LogP contribution in [-0.4, -0.2) is 24.7 Å². The highest BCUT2D eigenvalue weighted by atomic mass is 16.5. The van der Waals surface area contributed by atoms with Crippen molar-refractivity contribution in [2.45, 2.75) is 26.2 Å². The van der Waals surface area contributed by atoms with Crippen molar-refractivity contribution in [3.63, 3.8) is 0 Å². The van der Waals surface area contributed by atoms with E-state index in [1.54, 1.807) is 6.08 Å². The van der Waals surface area contributed by atoms with Crippen molar-refractivity contribution in [3.05, 3.63) is 41.4 Å². The highest BCUT2D eigenvalue weighted by molar-refractivity contribution is 5.67. The third-order valence-electron chi connectivity index (χ3n) is 3.98. The van der Waals surface area contributed by atoms with Crippen LogP contribution in [0.1, 0.15) is 43.3 Å². The zero-order valence-electron chi connectivity index (χ0n) is 13.9. The van der Waals surface area contributed by atoms with Crippen molar-refractivity contribution in [2.24, 2.45) is 0 Å². The van der Waals surface area contributed by atoms with E-state index >= 15 is 0 Å². The maximum Gasteiger partial charge on any atom is 0.235 e. The lowest BCUT2D eigenvalue weighted by atomic mass is 10.1. The van der Waals surface area contributed by atoms with Gasteiger partial charge in [-0.15, -0.1) is 0 Å². The number of ether oxygens (including phenoxy) is 1. The fourth-order valence-electron chi connectivity index (χ4n) is 2.79. The van der Waals surface area contributed by atoms with E-state index in [2.05, 4.69) is 16.0 Å². The molecule has 1 saturated heterocycles. The Labute approximate surface area is 142 Å². The van der Waals surface area contributed by atoms with Crippen molar-refractivity contribution < 1.29 is 9.15 Å². The number of hydrogen-bond donors (Lipinski definition) is 0. The van der Waals surface area contributed by atoms with E-state index in [4.69, 9.17) is 9.15 Å². The van der Waals surface area contributed by atoms with Gasteiger partial charge in [0, 0.05) is 19.2 Å². The third-order valence-corrected chi connectivity index (χ3v) is 3.98. The van der Waals surface area contributed by atoms with Crippen molar-refractivity contribution in [1.29, 1.82) is 5.26 Å². The molecule has 0 spiro atoms. The minimum absolute atomic E-state index is 0.364. The molecule has 1 fully saturated rings. The number of hydrogen-bond acceptors (Lipinski definition) is 5. The smallest absolute Gasteiger partial charge is 0.235 e. The highest BCUT2D eigenvalue weighted by Gasteiger charge is 2.20. The zero-order valence-corrected chi connectivity index (χ0v) is 13.9. The van der Waals surface area contributed by atoms with Gasteiger partial charge in [0.25, 0.3) is 0 Å². The predicted octanol–water partition coefficient (Wildman–Crippen LogP) is 4.11. The Hall–Kier alpha value is -2.74. The molecule has 0 aliphatic carbocycles. The average Bonchev–Trinajstić information content (AvgIpc) is 3.05.